The molecule has 0 bridgehead atoms. The molecule has 17 heavy (non-hydrogen) atoms. The smallest absolute Gasteiger partial charge is 0.478 e. The van der Waals surface area contributed by atoms with E-state index in [1.165, 1.54) is 0 Å². The van der Waals surface area contributed by atoms with Gasteiger partial charge in [-0.1, -0.05) is 0 Å². The summed E-state index contributed by atoms with van der Waals surface area (Å²) in [5.74, 6) is -2.64. The Hall–Kier alpha value is -1.61. The quantitative estimate of drug-likeness (QED) is 0.819. The average molecular weight is 270 g/mol. The second-order valence-electron chi connectivity index (χ2n) is 2.76. The fourth-order valence-corrected chi connectivity index (χ4v) is 1.40. The largest absolute Gasteiger partial charge is 0.573 e. The van der Waals surface area contributed by atoms with Crippen molar-refractivity contribution in [2.45, 2.75) is 11.3 Å². The van der Waals surface area contributed by atoms with Crippen molar-refractivity contribution >= 4 is 17.0 Å². The summed E-state index contributed by atoms with van der Waals surface area (Å²) < 4.78 is 58.5. The molecule has 1 rings (SSSR count). The van der Waals surface area contributed by atoms with Crippen LogP contribution in [-0.4, -0.2) is 26.2 Å². The summed E-state index contributed by atoms with van der Waals surface area (Å²) >= 11 is -2.49. The van der Waals surface area contributed by atoms with Crippen LogP contribution in [0.2, 0.25) is 0 Å². The molecular weight excluding hydrogens is 265 g/mol. The van der Waals surface area contributed by atoms with E-state index in [0.717, 1.165) is 6.07 Å². The molecule has 0 saturated heterocycles. The predicted octanol–water partition coefficient (Wildman–Crippen LogP) is 1.86. The van der Waals surface area contributed by atoms with E-state index in [0.29, 0.717) is 12.1 Å². The highest BCUT2D eigenvalue weighted by atomic mass is 32.2. The summed E-state index contributed by atoms with van der Waals surface area (Å²) in [6, 6.07) is 2.17. The minimum atomic E-state index is -5.04. The summed E-state index contributed by atoms with van der Waals surface area (Å²) in [7, 11) is 0. The van der Waals surface area contributed by atoms with Crippen LogP contribution in [0.5, 0.6) is 5.75 Å². The fourth-order valence-electron chi connectivity index (χ4n) is 0.999. The Morgan fingerprint density at radius 1 is 1.35 bits per heavy atom. The van der Waals surface area contributed by atoms with Crippen molar-refractivity contribution in [3.8, 4) is 5.75 Å². The molecule has 0 radical (unpaired) electrons. The average Bonchev–Trinajstić information content (AvgIpc) is 2.14. The Labute approximate surface area is 95.1 Å². The number of ether oxygens (including phenoxy) is 1. The number of alkyl halides is 3. The molecule has 9 heteroatoms. The molecule has 5 nitrogen and oxygen atoms in total. The van der Waals surface area contributed by atoms with Crippen molar-refractivity contribution in [3.05, 3.63) is 23.8 Å². The van der Waals surface area contributed by atoms with Gasteiger partial charge >= 0.3 is 12.3 Å². The molecule has 1 atom stereocenters. The van der Waals surface area contributed by atoms with Crippen molar-refractivity contribution in [1.29, 1.82) is 0 Å². The van der Waals surface area contributed by atoms with Crippen LogP contribution in [0.1, 0.15) is 10.4 Å². The lowest BCUT2D eigenvalue weighted by Gasteiger charge is -2.11. The lowest BCUT2D eigenvalue weighted by molar-refractivity contribution is -0.274. The lowest BCUT2D eigenvalue weighted by atomic mass is 10.2. The van der Waals surface area contributed by atoms with Crippen molar-refractivity contribution in [3.63, 3.8) is 0 Å². The zero-order chi connectivity index (χ0) is 13.2. The molecule has 0 saturated carbocycles. The van der Waals surface area contributed by atoms with Crippen LogP contribution in [0.25, 0.3) is 0 Å². The Morgan fingerprint density at radius 2 is 1.94 bits per heavy atom. The normalized spacial score (nSPS) is 13.2. The number of hydrogen-bond acceptors (Lipinski definition) is 3. The van der Waals surface area contributed by atoms with Gasteiger partial charge in [0, 0.05) is 0 Å². The molecule has 0 spiro atoms. The molecule has 0 fully saturated rings. The standard InChI is InChI=1S/C8H5F3O5S/c9-8(10,11)16-6-2-1-4(17(14)15)3-5(6)7(12)13/h1-3H,(H,12,13)(H,14,15). The number of hydrogen-bond donors (Lipinski definition) is 2. The monoisotopic (exact) mass is 270 g/mol. The minimum Gasteiger partial charge on any atom is -0.478 e. The summed E-state index contributed by atoms with van der Waals surface area (Å²) in [5, 5.41) is 8.64. The van der Waals surface area contributed by atoms with Crippen LogP contribution in [-0.2, 0) is 11.1 Å². The number of carbonyl (C=O) groups is 1. The van der Waals surface area contributed by atoms with Crippen molar-refractivity contribution < 1.29 is 36.6 Å². The number of halogens is 3. The first-order valence-corrected chi connectivity index (χ1v) is 5.05. The van der Waals surface area contributed by atoms with Crippen LogP contribution in [0.3, 0.4) is 0 Å². The molecule has 0 amide bonds. The molecule has 0 aliphatic heterocycles. The Balaban J connectivity index is 3.23. The van der Waals surface area contributed by atoms with E-state index in [-0.39, 0.29) is 4.90 Å². The van der Waals surface area contributed by atoms with Crippen molar-refractivity contribution in [2.24, 2.45) is 0 Å². The number of benzene rings is 1. The molecule has 0 aliphatic rings. The van der Waals surface area contributed by atoms with Gasteiger partial charge in [0.1, 0.15) is 11.3 Å². The van der Waals surface area contributed by atoms with Gasteiger partial charge in [0.05, 0.1) is 4.90 Å². The maximum absolute atomic E-state index is 11.9. The topological polar surface area (TPSA) is 83.8 Å². The second kappa shape index (κ2) is 4.72. The van der Waals surface area contributed by atoms with E-state index in [1.807, 2.05) is 0 Å². The molecule has 2 N–H and O–H groups in total. The lowest BCUT2D eigenvalue weighted by Crippen LogP contribution is -2.19. The van der Waals surface area contributed by atoms with Gasteiger partial charge in [0.2, 0.25) is 0 Å². The summed E-state index contributed by atoms with van der Waals surface area (Å²) in [5.41, 5.74) is -0.845. The van der Waals surface area contributed by atoms with Gasteiger partial charge in [-0.25, -0.2) is 9.00 Å². The maximum atomic E-state index is 11.9. The highest BCUT2D eigenvalue weighted by Gasteiger charge is 2.33. The molecule has 0 heterocycles. The van der Waals surface area contributed by atoms with E-state index >= 15 is 0 Å². The third-order valence-electron chi connectivity index (χ3n) is 1.61. The third kappa shape index (κ3) is 3.71. The molecular formula is C8H5F3O5S. The van der Waals surface area contributed by atoms with E-state index in [4.69, 9.17) is 9.66 Å². The van der Waals surface area contributed by atoms with Gasteiger partial charge in [-0.2, -0.15) is 0 Å². The number of aromatic carboxylic acids is 1. The number of rotatable bonds is 3. The molecule has 1 aromatic rings. The zero-order valence-corrected chi connectivity index (χ0v) is 8.71. The minimum absolute atomic E-state index is 0.336. The Morgan fingerprint density at radius 3 is 2.35 bits per heavy atom. The first kappa shape index (κ1) is 13.5. The van der Waals surface area contributed by atoms with E-state index in [1.54, 1.807) is 0 Å². The summed E-state index contributed by atoms with van der Waals surface area (Å²) in [6.45, 7) is 0. The summed E-state index contributed by atoms with van der Waals surface area (Å²) in [6.07, 6.45) is -5.04. The van der Waals surface area contributed by atoms with E-state index < -0.39 is 34.7 Å². The van der Waals surface area contributed by atoms with Crippen molar-refractivity contribution in [2.75, 3.05) is 0 Å². The maximum Gasteiger partial charge on any atom is 0.573 e. The van der Waals surface area contributed by atoms with Crippen LogP contribution in [0.4, 0.5) is 13.2 Å². The van der Waals surface area contributed by atoms with Gasteiger partial charge in [-0.15, -0.1) is 13.2 Å². The van der Waals surface area contributed by atoms with Crippen molar-refractivity contribution in [1.82, 2.24) is 0 Å². The zero-order valence-electron chi connectivity index (χ0n) is 7.89. The second-order valence-corrected chi connectivity index (χ2v) is 3.73. The van der Waals surface area contributed by atoms with Gasteiger partial charge in [0.15, 0.2) is 11.1 Å². The van der Waals surface area contributed by atoms with Crippen LogP contribution in [0, 0.1) is 0 Å². The fraction of sp³-hybridized carbons (Fsp3) is 0.125. The highest BCUT2D eigenvalue weighted by Crippen LogP contribution is 2.27. The van der Waals surface area contributed by atoms with Gasteiger partial charge in [-0.3, -0.25) is 0 Å². The van der Waals surface area contributed by atoms with E-state index in [9.17, 15) is 22.2 Å². The molecule has 0 aliphatic carbocycles. The van der Waals surface area contributed by atoms with Crippen LogP contribution >= 0.6 is 0 Å². The molecule has 1 unspecified atom stereocenters. The van der Waals surface area contributed by atoms with Crippen LogP contribution in [0.15, 0.2) is 23.1 Å². The predicted molar refractivity (Wildman–Crippen MR) is 49.1 cm³/mol. The van der Waals surface area contributed by atoms with Gasteiger partial charge in [0.25, 0.3) is 0 Å². The Bertz CT molecular complexity index is 471. The SMILES string of the molecule is O=C(O)c1cc(S(=O)O)ccc1OC(F)(F)F. The summed E-state index contributed by atoms with van der Waals surface area (Å²) in [4.78, 5) is 10.3. The van der Waals surface area contributed by atoms with Gasteiger partial charge in [-0.05, 0) is 18.2 Å². The molecule has 94 valence electrons. The first-order chi connectivity index (χ1) is 7.70. The third-order valence-corrected chi connectivity index (χ3v) is 2.27. The highest BCUT2D eigenvalue weighted by molar-refractivity contribution is 7.79. The van der Waals surface area contributed by atoms with Crippen LogP contribution < -0.4 is 4.74 Å². The van der Waals surface area contributed by atoms with E-state index in [2.05, 4.69) is 4.74 Å². The Kier molecular flexibility index (Phi) is 3.73. The number of carboxylic acid groups (broad SMARTS) is 1. The van der Waals surface area contributed by atoms with Gasteiger partial charge < -0.3 is 14.4 Å². The first-order valence-electron chi connectivity index (χ1n) is 3.94. The molecule has 1 aromatic carbocycles. The molecule has 0 aromatic heterocycles. The number of carboxylic acids is 1.